The Labute approximate surface area is 286 Å². The normalized spacial score (nSPS) is 32.9. The Morgan fingerprint density at radius 3 is 2.08 bits per heavy atom. The SMILES string of the molecule is C=C/C(=C\C[C@]1(C)[C@@H](C)[C@H](OC(=O)CCCCCCCCCCCCC)[C@@H](O)[C@]23C(=C[C@@H](O)C[C@@H]12)[C@H](OC(C)=O)O[C@@H]3OC(C)=O)CO. The van der Waals surface area contributed by atoms with Gasteiger partial charge >= 0.3 is 17.9 Å². The van der Waals surface area contributed by atoms with Crippen LogP contribution in [0.25, 0.3) is 0 Å². The third kappa shape index (κ3) is 9.17. The molecule has 0 radical (unpaired) electrons. The molecule has 272 valence electrons. The van der Waals surface area contributed by atoms with Crippen molar-refractivity contribution >= 4 is 17.9 Å². The van der Waals surface area contributed by atoms with Crippen LogP contribution in [-0.2, 0) is 33.3 Å². The summed E-state index contributed by atoms with van der Waals surface area (Å²) < 4.78 is 23.4. The Bertz CT molecular complexity index is 1160. The van der Waals surface area contributed by atoms with Crippen LogP contribution < -0.4 is 0 Å². The lowest BCUT2D eigenvalue weighted by Crippen LogP contribution is -2.68. The number of aliphatic hydroxyl groups is 3. The van der Waals surface area contributed by atoms with E-state index < -0.39 is 71.5 Å². The molecule has 2 aliphatic carbocycles. The zero-order valence-electron chi connectivity index (χ0n) is 29.8. The molecule has 3 rings (SSSR count). The Morgan fingerprint density at radius 2 is 1.54 bits per heavy atom. The first kappa shape index (κ1) is 39.9. The molecule has 10 nitrogen and oxygen atoms in total. The topological polar surface area (TPSA) is 149 Å². The third-order valence-corrected chi connectivity index (χ3v) is 11.0. The quantitative estimate of drug-likeness (QED) is 0.0474. The van der Waals surface area contributed by atoms with Crippen molar-refractivity contribution in [1.29, 1.82) is 0 Å². The zero-order chi connectivity index (χ0) is 35.5. The molecule has 0 aromatic rings. The van der Waals surface area contributed by atoms with Crippen molar-refractivity contribution < 1.29 is 48.7 Å². The Hall–Kier alpha value is -2.53. The van der Waals surface area contributed by atoms with Crippen LogP contribution in [-0.4, -0.2) is 70.7 Å². The molecule has 0 amide bonds. The third-order valence-electron chi connectivity index (χ3n) is 11.0. The summed E-state index contributed by atoms with van der Waals surface area (Å²) in [5.74, 6) is -2.79. The molecule has 0 aromatic carbocycles. The van der Waals surface area contributed by atoms with E-state index in [2.05, 4.69) is 13.5 Å². The highest BCUT2D eigenvalue weighted by Gasteiger charge is 2.74. The van der Waals surface area contributed by atoms with Gasteiger partial charge < -0.3 is 29.5 Å². The number of carbonyl (C=O) groups excluding carboxylic acids is 3. The number of aliphatic hydroxyl groups excluding tert-OH is 3. The van der Waals surface area contributed by atoms with Crippen LogP contribution in [0.4, 0.5) is 0 Å². The van der Waals surface area contributed by atoms with E-state index in [1.807, 2.05) is 19.9 Å². The average molecular weight is 677 g/mol. The summed E-state index contributed by atoms with van der Waals surface area (Å²) >= 11 is 0. The second-order valence-electron chi connectivity index (χ2n) is 14.3. The zero-order valence-corrected chi connectivity index (χ0v) is 29.8. The van der Waals surface area contributed by atoms with Gasteiger partial charge in [-0.15, -0.1) is 0 Å². The second-order valence-corrected chi connectivity index (χ2v) is 14.3. The molecular formula is C38H60O10. The smallest absolute Gasteiger partial charge is 0.306 e. The van der Waals surface area contributed by atoms with Gasteiger partial charge in [-0.05, 0) is 42.2 Å². The maximum Gasteiger partial charge on any atom is 0.306 e. The van der Waals surface area contributed by atoms with E-state index in [-0.39, 0.29) is 25.0 Å². The van der Waals surface area contributed by atoms with Crippen LogP contribution in [0.2, 0.25) is 0 Å². The first-order valence-corrected chi connectivity index (χ1v) is 18.1. The predicted molar refractivity (Wildman–Crippen MR) is 181 cm³/mol. The average Bonchev–Trinajstić information content (AvgIpc) is 3.32. The summed E-state index contributed by atoms with van der Waals surface area (Å²) in [6, 6.07) is 0. The number of rotatable bonds is 19. The summed E-state index contributed by atoms with van der Waals surface area (Å²) in [5.41, 5.74) is -1.43. The largest absolute Gasteiger partial charge is 0.459 e. The lowest BCUT2D eigenvalue weighted by atomic mass is 9.44. The van der Waals surface area contributed by atoms with E-state index in [9.17, 15) is 29.7 Å². The molecule has 1 saturated heterocycles. The van der Waals surface area contributed by atoms with Gasteiger partial charge in [0.1, 0.15) is 12.2 Å². The summed E-state index contributed by atoms with van der Waals surface area (Å²) in [7, 11) is 0. The fourth-order valence-corrected chi connectivity index (χ4v) is 8.23. The van der Waals surface area contributed by atoms with Gasteiger partial charge in [0.25, 0.3) is 0 Å². The maximum atomic E-state index is 13.4. The fraction of sp³-hybridized carbons (Fsp3) is 0.763. The molecule has 9 atom stereocenters. The summed E-state index contributed by atoms with van der Waals surface area (Å²) in [5, 5.41) is 33.3. The molecule has 10 heteroatoms. The molecule has 1 spiro atoms. The number of allylic oxidation sites excluding steroid dienone is 1. The summed E-state index contributed by atoms with van der Waals surface area (Å²) in [6.45, 7) is 12.1. The van der Waals surface area contributed by atoms with Gasteiger partial charge in [-0.3, -0.25) is 19.1 Å². The van der Waals surface area contributed by atoms with Gasteiger partial charge in [0, 0.05) is 31.8 Å². The van der Waals surface area contributed by atoms with Crippen molar-refractivity contribution in [2.75, 3.05) is 6.61 Å². The highest BCUT2D eigenvalue weighted by molar-refractivity contribution is 5.70. The maximum absolute atomic E-state index is 13.4. The monoisotopic (exact) mass is 676 g/mol. The lowest BCUT2D eigenvalue weighted by Gasteiger charge is -2.62. The lowest BCUT2D eigenvalue weighted by molar-refractivity contribution is -0.275. The van der Waals surface area contributed by atoms with E-state index in [0.29, 0.717) is 18.4 Å². The Kier molecular flexibility index (Phi) is 15.3. The molecule has 1 heterocycles. The number of ether oxygens (including phenoxy) is 4. The van der Waals surface area contributed by atoms with Gasteiger partial charge in [-0.2, -0.15) is 0 Å². The van der Waals surface area contributed by atoms with E-state index in [4.69, 9.17) is 18.9 Å². The van der Waals surface area contributed by atoms with Crippen molar-refractivity contribution in [3.05, 3.63) is 36.0 Å². The molecular weight excluding hydrogens is 616 g/mol. The van der Waals surface area contributed by atoms with E-state index in [1.165, 1.54) is 64.9 Å². The highest BCUT2D eigenvalue weighted by Crippen LogP contribution is 2.67. The minimum Gasteiger partial charge on any atom is -0.459 e. The van der Waals surface area contributed by atoms with Gasteiger partial charge in [0.15, 0.2) is 0 Å². The van der Waals surface area contributed by atoms with Crippen molar-refractivity contribution in [1.82, 2.24) is 0 Å². The first-order valence-electron chi connectivity index (χ1n) is 18.1. The molecule has 2 fully saturated rings. The molecule has 0 aromatic heterocycles. The molecule has 48 heavy (non-hydrogen) atoms. The van der Waals surface area contributed by atoms with Gasteiger partial charge in [0.05, 0.1) is 18.1 Å². The number of esters is 3. The van der Waals surface area contributed by atoms with Crippen LogP contribution in [0.3, 0.4) is 0 Å². The Balaban J connectivity index is 1.87. The highest BCUT2D eigenvalue weighted by atomic mass is 16.8. The minimum absolute atomic E-state index is 0.172. The van der Waals surface area contributed by atoms with E-state index >= 15 is 0 Å². The molecule has 0 unspecified atom stereocenters. The van der Waals surface area contributed by atoms with Crippen LogP contribution in [0.5, 0.6) is 0 Å². The van der Waals surface area contributed by atoms with Crippen molar-refractivity contribution in [3.63, 3.8) is 0 Å². The number of carbonyl (C=O) groups is 3. The fourth-order valence-electron chi connectivity index (χ4n) is 8.23. The van der Waals surface area contributed by atoms with Crippen LogP contribution >= 0.6 is 0 Å². The van der Waals surface area contributed by atoms with Crippen LogP contribution in [0.1, 0.15) is 125 Å². The van der Waals surface area contributed by atoms with Crippen molar-refractivity contribution in [2.24, 2.45) is 22.7 Å². The van der Waals surface area contributed by atoms with Gasteiger partial charge in [-0.1, -0.05) is 104 Å². The van der Waals surface area contributed by atoms with Crippen molar-refractivity contribution in [2.45, 2.75) is 155 Å². The van der Waals surface area contributed by atoms with E-state index in [0.717, 1.165) is 19.3 Å². The van der Waals surface area contributed by atoms with E-state index in [1.54, 1.807) is 6.08 Å². The molecule has 1 saturated carbocycles. The number of hydrogen-bond acceptors (Lipinski definition) is 10. The number of hydrogen-bond donors (Lipinski definition) is 3. The predicted octanol–water partition coefficient (Wildman–Crippen LogP) is 6.21. The van der Waals surface area contributed by atoms with Gasteiger partial charge in [0.2, 0.25) is 12.6 Å². The van der Waals surface area contributed by atoms with Crippen molar-refractivity contribution in [3.8, 4) is 0 Å². The molecule has 1 aliphatic heterocycles. The summed E-state index contributed by atoms with van der Waals surface area (Å²) in [4.78, 5) is 37.9. The van der Waals surface area contributed by atoms with Crippen LogP contribution in [0.15, 0.2) is 36.0 Å². The first-order chi connectivity index (χ1) is 22.9. The second kappa shape index (κ2) is 18.5. The van der Waals surface area contributed by atoms with Gasteiger partial charge in [-0.25, -0.2) is 0 Å². The minimum atomic E-state index is -1.50. The molecule has 3 N–H and O–H groups in total. The standard InChI is InChI=1S/C38H60O10/c1-7-9-10-11-12-13-14-15-16-17-18-19-32(43)47-33-25(3)37(6,21-20-28(8-2)24-39)31-23-29(42)22-30-35(45-26(4)40)48-36(46-27(5)41)38(30,31)34(33)44/h8,20,22,25,29,31,33-36,39,42,44H,2,7,9-19,21,23-24H2,1,3-6H3/b28-20+/t25-,29+,31-,33-,34+,35+,36-,37+,38-/m0/s1. The molecule has 0 bridgehead atoms. The van der Waals surface area contributed by atoms with Crippen LogP contribution in [0, 0.1) is 22.7 Å². The molecule has 3 aliphatic rings. The summed E-state index contributed by atoms with van der Waals surface area (Å²) in [6.07, 6.45) is 12.1. The Morgan fingerprint density at radius 1 is 0.958 bits per heavy atom. The number of unbranched alkanes of at least 4 members (excludes halogenated alkanes) is 10.